The Morgan fingerprint density at radius 3 is 2.88 bits per heavy atom. The zero-order valence-electron chi connectivity index (χ0n) is 14.6. The number of nitrogens with one attached hydrogen (secondary N) is 1. The fraction of sp³-hybridized carbons (Fsp3) is 0.706. The molecular weight excluding hydrogens is 308 g/mol. The third-order valence-electron chi connectivity index (χ3n) is 4.55. The Balaban J connectivity index is 2.19. The van der Waals surface area contributed by atoms with Crippen LogP contribution in [0, 0.1) is 5.92 Å². The number of aliphatic hydroxyl groups is 1. The summed E-state index contributed by atoms with van der Waals surface area (Å²) in [6, 6.07) is -0.267. The Hall–Kier alpha value is -1.89. The van der Waals surface area contributed by atoms with Gasteiger partial charge in [0, 0.05) is 33.2 Å². The number of carbonyl (C=O) groups excluding carboxylic acids is 2. The maximum absolute atomic E-state index is 12.7. The molecule has 0 aliphatic carbocycles. The Kier molecular flexibility index (Phi) is 6.78. The van der Waals surface area contributed by atoms with Crippen LogP contribution in [0.1, 0.15) is 50.8 Å². The molecule has 24 heavy (non-hydrogen) atoms. The quantitative estimate of drug-likeness (QED) is 0.693. The Morgan fingerprint density at radius 2 is 2.25 bits per heavy atom. The first-order chi connectivity index (χ1) is 11.6. The van der Waals surface area contributed by atoms with E-state index in [0.29, 0.717) is 32.4 Å². The molecule has 7 heteroatoms. The van der Waals surface area contributed by atoms with Crippen LogP contribution in [0.3, 0.4) is 0 Å². The molecule has 0 bridgehead atoms. The number of aryl methyl sites for hydroxylation is 1. The monoisotopic (exact) mass is 336 g/mol. The number of imidazole rings is 1. The van der Waals surface area contributed by atoms with Gasteiger partial charge in [-0.3, -0.25) is 9.59 Å². The van der Waals surface area contributed by atoms with Crippen LogP contribution >= 0.6 is 0 Å². The topological polar surface area (TPSA) is 87.5 Å². The predicted molar refractivity (Wildman–Crippen MR) is 90.0 cm³/mol. The van der Waals surface area contributed by atoms with E-state index in [1.165, 1.54) is 0 Å². The normalized spacial score (nSPS) is 21.1. The second kappa shape index (κ2) is 8.82. The summed E-state index contributed by atoms with van der Waals surface area (Å²) in [5.74, 6) is -0.182. The SMILES string of the molecule is CCCN1C(=O)CC[C@@H](C(=O)NCCCCO)[C@@H]1c1cncn1C. The number of carbonyl (C=O) groups is 2. The fourth-order valence-corrected chi connectivity index (χ4v) is 3.33. The van der Waals surface area contributed by atoms with Crippen molar-refractivity contribution in [3.63, 3.8) is 0 Å². The molecule has 0 aromatic carbocycles. The van der Waals surface area contributed by atoms with Crippen LogP contribution < -0.4 is 5.32 Å². The van der Waals surface area contributed by atoms with Gasteiger partial charge in [-0.15, -0.1) is 0 Å². The molecular formula is C17H28N4O3. The van der Waals surface area contributed by atoms with Gasteiger partial charge >= 0.3 is 0 Å². The lowest BCUT2D eigenvalue weighted by Gasteiger charge is -2.40. The maximum Gasteiger partial charge on any atom is 0.225 e. The minimum atomic E-state index is -0.267. The first-order valence-electron chi connectivity index (χ1n) is 8.74. The van der Waals surface area contributed by atoms with E-state index in [9.17, 15) is 9.59 Å². The predicted octanol–water partition coefficient (Wildman–Crippen LogP) is 0.998. The van der Waals surface area contributed by atoms with Crippen LogP contribution in [0.15, 0.2) is 12.5 Å². The van der Waals surface area contributed by atoms with E-state index < -0.39 is 0 Å². The Morgan fingerprint density at radius 1 is 1.46 bits per heavy atom. The van der Waals surface area contributed by atoms with E-state index in [1.54, 1.807) is 12.5 Å². The molecule has 2 heterocycles. The lowest BCUT2D eigenvalue weighted by Crippen LogP contribution is -2.49. The van der Waals surface area contributed by atoms with Gasteiger partial charge in [0.25, 0.3) is 0 Å². The average molecular weight is 336 g/mol. The van der Waals surface area contributed by atoms with Gasteiger partial charge in [-0.2, -0.15) is 0 Å². The molecule has 1 aliphatic rings. The van der Waals surface area contributed by atoms with Crippen molar-refractivity contribution in [1.82, 2.24) is 19.8 Å². The number of amides is 2. The third-order valence-corrected chi connectivity index (χ3v) is 4.55. The van der Waals surface area contributed by atoms with Gasteiger partial charge in [-0.25, -0.2) is 4.98 Å². The van der Waals surface area contributed by atoms with Gasteiger partial charge in [0.2, 0.25) is 11.8 Å². The first-order valence-corrected chi connectivity index (χ1v) is 8.74. The van der Waals surface area contributed by atoms with Gasteiger partial charge in [-0.05, 0) is 25.7 Å². The van der Waals surface area contributed by atoms with Gasteiger partial charge < -0.3 is 19.9 Å². The van der Waals surface area contributed by atoms with Crippen LogP contribution in [0.2, 0.25) is 0 Å². The summed E-state index contributed by atoms with van der Waals surface area (Å²) in [7, 11) is 1.89. The van der Waals surface area contributed by atoms with Crippen molar-refractivity contribution in [2.75, 3.05) is 19.7 Å². The van der Waals surface area contributed by atoms with Crippen molar-refractivity contribution in [1.29, 1.82) is 0 Å². The van der Waals surface area contributed by atoms with Crippen LogP contribution in [0.5, 0.6) is 0 Å². The van der Waals surface area contributed by atoms with E-state index >= 15 is 0 Å². The molecule has 2 atom stereocenters. The van der Waals surface area contributed by atoms with E-state index in [1.807, 2.05) is 23.4 Å². The molecule has 7 nitrogen and oxygen atoms in total. The van der Waals surface area contributed by atoms with Crippen molar-refractivity contribution >= 4 is 11.8 Å². The number of unbranched alkanes of at least 4 members (excludes halogenated alkanes) is 1. The van der Waals surface area contributed by atoms with Gasteiger partial charge in [-0.1, -0.05) is 6.92 Å². The molecule has 1 fully saturated rings. The van der Waals surface area contributed by atoms with E-state index in [2.05, 4.69) is 10.3 Å². The molecule has 134 valence electrons. The summed E-state index contributed by atoms with van der Waals surface area (Å²) >= 11 is 0. The van der Waals surface area contributed by atoms with Crippen molar-refractivity contribution in [3.8, 4) is 0 Å². The number of piperidine rings is 1. The van der Waals surface area contributed by atoms with Crippen LogP contribution in [-0.4, -0.2) is 51.1 Å². The van der Waals surface area contributed by atoms with Gasteiger partial charge in [0.1, 0.15) is 0 Å². The Bertz CT molecular complexity index is 558. The second-order valence-corrected chi connectivity index (χ2v) is 6.33. The molecule has 2 amide bonds. The van der Waals surface area contributed by atoms with Crippen LogP contribution in [0.4, 0.5) is 0 Å². The minimum absolute atomic E-state index is 0.0206. The van der Waals surface area contributed by atoms with E-state index in [4.69, 9.17) is 5.11 Å². The molecule has 1 aromatic heterocycles. The zero-order chi connectivity index (χ0) is 17.5. The highest BCUT2D eigenvalue weighted by molar-refractivity contribution is 5.84. The molecule has 2 N–H and O–H groups in total. The molecule has 1 saturated heterocycles. The highest BCUT2D eigenvalue weighted by Crippen LogP contribution is 2.36. The van der Waals surface area contributed by atoms with E-state index in [-0.39, 0.29) is 30.4 Å². The third kappa shape index (κ3) is 4.14. The molecule has 0 saturated carbocycles. The van der Waals surface area contributed by atoms with Gasteiger partial charge in [0.15, 0.2) is 0 Å². The number of nitrogens with zero attached hydrogens (tertiary/aromatic N) is 3. The van der Waals surface area contributed by atoms with Crippen molar-refractivity contribution in [3.05, 3.63) is 18.2 Å². The molecule has 2 rings (SSSR count). The number of aliphatic hydroxyl groups excluding tert-OH is 1. The fourth-order valence-electron chi connectivity index (χ4n) is 3.33. The summed E-state index contributed by atoms with van der Waals surface area (Å²) in [5, 5.41) is 11.8. The summed E-state index contributed by atoms with van der Waals surface area (Å²) in [6.07, 6.45) is 6.70. The Labute approximate surface area is 143 Å². The number of hydrogen-bond donors (Lipinski definition) is 2. The second-order valence-electron chi connectivity index (χ2n) is 6.33. The van der Waals surface area contributed by atoms with Crippen LogP contribution in [0.25, 0.3) is 0 Å². The zero-order valence-corrected chi connectivity index (χ0v) is 14.6. The number of aromatic nitrogens is 2. The molecule has 1 aromatic rings. The minimum Gasteiger partial charge on any atom is -0.396 e. The number of likely N-dealkylation sites (tertiary alicyclic amines) is 1. The first kappa shape index (κ1) is 18.4. The number of rotatable bonds is 8. The lowest BCUT2D eigenvalue weighted by molar-refractivity contribution is -0.143. The van der Waals surface area contributed by atoms with Crippen molar-refractivity contribution in [2.45, 2.75) is 45.1 Å². The van der Waals surface area contributed by atoms with Crippen molar-refractivity contribution < 1.29 is 14.7 Å². The van der Waals surface area contributed by atoms with E-state index in [0.717, 1.165) is 18.5 Å². The molecule has 1 aliphatic heterocycles. The summed E-state index contributed by atoms with van der Waals surface area (Å²) in [4.78, 5) is 31.1. The largest absolute Gasteiger partial charge is 0.396 e. The highest BCUT2D eigenvalue weighted by Gasteiger charge is 2.41. The summed E-state index contributed by atoms with van der Waals surface area (Å²) in [6.45, 7) is 3.36. The molecule has 0 spiro atoms. The maximum atomic E-state index is 12.7. The molecule has 0 radical (unpaired) electrons. The van der Waals surface area contributed by atoms with Gasteiger partial charge in [0.05, 0.1) is 30.2 Å². The average Bonchev–Trinajstić information content (AvgIpc) is 2.99. The smallest absolute Gasteiger partial charge is 0.225 e. The summed E-state index contributed by atoms with van der Waals surface area (Å²) in [5.41, 5.74) is 0.895. The standard InChI is InChI=1S/C17H28N4O3/c1-3-9-21-15(23)7-6-13(17(24)19-8-4-5-10-22)16(21)14-11-18-12-20(14)2/h11-13,16,22H,3-10H2,1-2H3,(H,19,24)/t13-,16-/m1/s1. The number of hydrogen-bond acceptors (Lipinski definition) is 4. The molecule has 0 unspecified atom stereocenters. The van der Waals surface area contributed by atoms with Crippen LogP contribution in [-0.2, 0) is 16.6 Å². The van der Waals surface area contributed by atoms with Crippen molar-refractivity contribution in [2.24, 2.45) is 13.0 Å². The lowest BCUT2D eigenvalue weighted by atomic mass is 9.85. The highest BCUT2D eigenvalue weighted by atomic mass is 16.3. The summed E-state index contributed by atoms with van der Waals surface area (Å²) < 4.78 is 1.89.